The second kappa shape index (κ2) is 11.9. The predicted octanol–water partition coefficient (Wildman–Crippen LogP) is 6.61. The Bertz CT molecular complexity index is 2020. The highest BCUT2D eigenvalue weighted by Crippen LogP contribution is 2.28. The zero-order chi connectivity index (χ0) is 31.8. The van der Waals surface area contributed by atoms with Crippen LogP contribution in [0, 0.1) is 6.92 Å². The minimum absolute atomic E-state index is 0.0288. The predicted molar refractivity (Wildman–Crippen MR) is 180 cm³/mol. The van der Waals surface area contributed by atoms with Crippen molar-refractivity contribution in [3.63, 3.8) is 0 Å². The Morgan fingerprint density at radius 3 is 2.52 bits per heavy atom. The van der Waals surface area contributed by atoms with E-state index < -0.39 is 0 Å². The van der Waals surface area contributed by atoms with Crippen LogP contribution in [-0.4, -0.2) is 46.5 Å². The monoisotopic (exact) mass is 611 g/mol. The summed E-state index contributed by atoms with van der Waals surface area (Å²) < 4.78 is 4.15. The molecule has 3 aromatic carbocycles. The van der Waals surface area contributed by atoms with E-state index in [-0.39, 0.29) is 11.3 Å². The number of carbonyl (C=O) groups excluding carboxylic acids is 1. The van der Waals surface area contributed by atoms with E-state index in [4.69, 9.17) is 4.98 Å². The van der Waals surface area contributed by atoms with E-state index in [0.29, 0.717) is 17.1 Å². The van der Waals surface area contributed by atoms with E-state index in [0.717, 1.165) is 60.4 Å². The summed E-state index contributed by atoms with van der Waals surface area (Å²) in [5.74, 6) is 2.50. The molecule has 7 rings (SSSR count). The molecule has 0 radical (unpaired) electrons. The zero-order valence-corrected chi connectivity index (χ0v) is 26.5. The molecule has 10 nitrogen and oxygen atoms in total. The van der Waals surface area contributed by atoms with Gasteiger partial charge in [0, 0.05) is 60.7 Å². The largest absolute Gasteiger partial charge is 0.337 e. The summed E-state index contributed by atoms with van der Waals surface area (Å²) >= 11 is 0. The molecule has 0 unspecified atom stereocenters. The fourth-order valence-electron chi connectivity index (χ4n) is 5.81. The van der Waals surface area contributed by atoms with E-state index in [9.17, 15) is 4.79 Å². The third kappa shape index (κ3) is 6.12. The number of aromatic nitrogens is 6. The highest BCUT2D eigenvalue weighted by Gasteiger charge is 2.20. The first-order valence-corrected chi connectivity index (χ1v) is 15.5. The lowest BCUT2D eigenvalue weighted by molar-refractivity contribution is 0.102. The van der Waals surface area contributed by atoms with E-state index in [1.54, 1.807) is 6.20 Å². The fourth-order valence-corrected chi connectivity index (χ4v) is 5.81. The summed E-state index contributed by atoms with van der Waals surface area (Å²) in [5, 5.41) is 15.1. The number of anilines is 3. The molecule has 46 heavy (non-hydrogen) atoms. The molecule has 1 aliphatic heterocycles. The fraction of sp³-hybridized carbons (Fsp3) is 0.250. The second-order valence-electron chi connectivity index (χ2n) is 12.8. The van der Waals surface area contributed by atoms with Crippen LogP contribution < -0.4 is 10.6 Å². The molecule has 6 aromatic rings. The van der Waals surface area contributed by atoms with Crippen LogP contribution in [0.2, 0.25) is 0 Å². The second-order valence-corrected chi connectivity index (χ2v) is 12.8. The standard InChI is InChI=1S/C36H37N9O/c1-24-41-42-32-23-43(18-19-45(24)32)21-25-8-14-29(15-9-25)38-33-34-37-16-17-44(34)22-31(40-33)27-6-5-7-30(20-27)39-35(46)26-10-12-28(13-11-26)36(2,3)4/h5-17,20,22H,18-19,21,23H2,1-4H3,(H,38,40)(H,39,46). The van der Waals surface area contributed by atoms with Crippen molar-refractivity contribution in [2.45, 2.75) is 52.7 Å². The van der Waals surface area contributed by atoms with Crippen molar-refractivity contribution in [3.8, 4) is 11.3 Å². The molecule has 0 aliphatic carbocycles. The lowest BCUT2D eigenvalue weighted by Gasteiger charge is -2.27. The molecule has 0 atom stereocenters. The van der Waals surface area contributed by atoms with Gasteiger partial charge in [0.15, 0.2) is 11.5 Å². The number of fused-ring (bicyclic) bond motifs is 2. The molecule has 0 fully saturated rings. The lowest BCUT2D eigenvalue weighted by atomic mass is 9.87. The average molecular weight is 612 g/mol. The molecule has 232 valence electrons. The Hall–Kier alpha value is -5.35. The number of aryl methyl sites for hydroxylation is 1. The Labute approximate surface area is 268 Å². The van der Waals surface area contributed by atoms with Crippen LogP contribution in [0.4, 0.5) is 17.2 Å². The molecule has 0 saturated heterocycles. The number of carbonyl (C=O) groups is 1. The van der Waals surface area contributed by atoms with Crippen LogP contribution in [0.15, 0.2) is 91.4 Å². The summed E-state index contributed by atoms with van der Waals surface area (Å²) in [6.45, 7) is 12.0. The Balaban J connectivity index is 1.06. The lowest BCUT2D eigenvalue weighted by Crippen LogP contribution is -2.33. The smallest absolute Gasteiger partial charge is 0.255 e. The van der Waals surface area contributed by atoms with Gasteiger partial charge in [0.1, 0.15) is 11.6 Å². The summed E-state index contributed by atoms with van der Waals surface area (Å²) in [6.07, 6.45) is 5.61. The molecule has 4 heterocycles. The maximum Gasteiger partial charge on any atom is 0.255 e. The van der Waals surface area contributed by atoms with E-state index in [1.807, 2.05) is 72.2 Å². The quantitative estimate of drug-likeness (QED) is 0.209. The topological polar surface area (TPSA) is 105 Å². The van der Waals surface area contributed by atoms with Crippen molar-refractivity contribution in [1.29, 1.82) is 0 Å². The molecule has 0 bridgehead atoms. The van der Waals surface area contributed by atoms with Crippen molar-refractivity contribution in [1.82, 2.24) is 34.0 Å². The molecule has 3 aromatic heterocycles. The molecule has 0 spiro atoms. The van der Waals surface area contributed by atoms with Crippen molar-refractivity contribution in [3.05, 3.63) is 120 Å². The van der Waals surface area contributed by atoms with Gasteiger partial charge in [0.05, 0.1) is 12.2 Å². The van der Waals surface area contributed by atoms with Crippen LogP contribution in [0.3, 0.4) is 0 Å². The number of hydrogen-bond acceptors (Lipinski definition) is 7. The van der Waals surface area contributed by atoms with Gasteiger partial charge < -0.3 is 19.6 Å². The third-order valence-electron chi connectivity index (χ3n) is 8.44. The number of nitrogens with zero attached hydrogens (tertiary/aromatic N) is 7. The van der Waals surface area contributed by atoms with Gasteiger partial charge in [-0.25, -0.2) is 9.97 Å². The minimum atomic E-state index is -0.153. The Morgan fingerprint density at radius 1 is 0.935 bits per heavy atom. The van der Waals surface area contributed by atoms with E-state index >= 15 is 0 Å². The first-order valence-electron chi connectivity index (χ1n) is 15.5. The summed E-state index contributed by atoms with van der Waals surface area (Å²) in [5.41, 5.74) is 7.04. The Kier molecular flexibility index (Phi) is 7.58. The number of hydrogen-bond donors (Lipinski definition) is 2. The molecular weight excluding hydrogens is 574 g/mol. The normalized spacial score (nSPS) is 13.5. The van der Waals surface area contributed by atoms with Crippen molar-refractivity contribution < 1.29 is 4.79 Å². The van der Waals surface area contributed by atoms with Gasteiger partial charge in [0.2, 0.25) is 0 Å². The number of rotatable bonds is 7. The first-order chi connectivity index (χ1) is 22.2. The number of imidazole rings is 1. The highest BCUT2D eigenvalue weighted by molar-refractivity contribution is 6.04. The number of nitrogens with one attached hydrogen (secondary N) is 2. The number of amides is 1. The van der Waals surface area contributed by atoms with Crippen molar-refractivity contribution in [2.24, 2.45) is 0 Å². The maximum atomic E-state index is 13.0. The van der Waals surface area contributed by atoms with Crippen LogP contribution in [0.1, 0.15) is 53.9 Å². The van der Waals surface area contributed by atoms with Gasteiger partial charge in [0.25, 0.3) is 5.91 Å². The first kappa shape index (κ1) is 29.4. The van der Waals surface area contributed by atoms with Crippen LogP contribution >= 0.6 is 0 Å². The van der Waals surface area contributed by atoms with Gasteiger partial charge in [-0.15, -0.1) is 10.2 Å². The minimum Gasteiger partial charge on any atom is -0.337 e. The van der Waals surface area contributed by atoms with Gasteiger partial charge in [-0.2, -0.15) is 0 Å². The van der Waals surface area contributed by atoms with Gasteiger partial charge in [-0.05, 0) is 59.9 Å². The van der Waals surface area contributed by atoms with Crippen LogP contribution in [-0.2, 0) is 25.0 Å². The molecule has 1 amide bonds. The molecule has 2 N–H and O–H groups in total. The maximum absolute atomic E-state index is 13.0. The molecule has 1 aliphatic rings. The zero-order valence-electron chi connectivity index (χ0n) is 26.5. The van der Waals surface area contributed by atoms with E-state index in [2.05, 4.69) is 80.3 Å². The van der Waals surface area contributed by atoms with E-state index in [1.165, 1.54) is 11.1 Å². The summed E-state index contributed by atoms with van der Waals surface area (Å²) in [4.78, 5) is 24.9. The Morgan fingerprint density at radius 2 is 1.74 bits per heavy atom. The number of benzene rings is 3. The summed E-state index contributed by atoms with van der Waals surface area (Å²) in [6, 6.07) is 23.9. The average Bonchev–Trinajstić information content (AvgIpc) is 3.68. The van der Waals surface area contributed by atoms with Crippen LogP contribution in [0.5, 0.6) is 0 Å². The molecular formula is C36H37N9O. The van der Waals surface area contributed by atoms with Crippen LogP contribution in [0.25, 0.3) is 16.9 Å². The van der Waals surface area contributed by atoms with Crippen molar-refractivity contribution >= 4 is 28.7 Å². The summed E-state index contributed by atoms with van der Waals surface area (Å²) in [7, 11) is 0. The highest BCUT2D eigenvalue weighted by atomic mass is 16.1. The SMILES string of the molecule is Cc1nnc2n1CCN(Cc1ccc(Nc3nc(-c4cccc(NC(=O)c5ccc(C(C)(C)C)cc5)c4)cn4ccnc34)cc1)C2. The molecule has 10 heteroatoms. The molecule has 0 saturated carbocycles. The van der Waals surface area contributed by atoms with Gasteiger partial charge >= 0.3 is 0 Å². The third-order valence-corrected chi connectivity index (χ3v) is 8.44. The van der Waals surface area contributed by atoms with Crippen molar-refractivity contribution in [2.75, 3.05) is 17.2 Å². The van der Waals surface area contributed by atoms with Gasteiger partial charge in [-0.1, -0.05) is 57.2 Å². The van der Waals surface area contributed by atoms with Gasteiger partial charge in [-0.3, -0.25) is 9.69 Å².